The van der Waals surface area contributed by atoms with Crippen molar-refractivity contribution in [2.24, 2.45) is 0 Å². The molecule has 0 unspecified atom stereocenters. The molecule has 6 heavy (non-hydrogen) atoms. The molecule has 6 N–H and O–H groups in total. The van der Waals surface area contributed by atoms with Crippen LogP contribution in [0, 0.1) is 0 Å². The van der Waals surface area contributed by atoms with Crippen LogP contribution in [0.2, 0.25) is 0 Å². The second kappa shape index (κ2) is 64.9. The van der Waals surface area contributed by atoms with Gasteiger partial charge in [-0.05, 0) is 0 Å². The van der Waals surface area contributed by atoms with Crippen molar-refractivity contribution in [3.05, 3.63) is 0 Å². The fraction of sp³-hybridized carbons (Fsp3) is 0. The minimum atomic E-state index is 0. The van der Waals surface area contributed by atoms with E-state index in [4.69, 9.17) is 0 Å². The SMILES string of the molecule is O.O.[Ba+2].[Cr].[OH-].[OH-]. The van der Waals surface area contributed by atoms with Gasteiger partial charge in [0.1, 0.15) is 0 Å². The van der Waals surface area contributed by atoms with E-state index in [1.165, 1.54) is 0 Å². The summed E-state index contributed by atoms with van der Waals surface area (Å²) in [6, 6.07) is 0. The zero-order valence-corrected chi connectivity index (χ0v) is 8.73. The molecule has 0 saturated carbocycles. The van der Waals surface area contributed by atoms with Gasteiger partial charge in [0.25, 0.3) is 0 Å². The van der Waals surface area contributed by atoms with Crippen molar-refractivity contribution in [3.63, 3.8) is 0 Å². The van der Waals surface area contributed by atoms with E-state index in [9.17, 15) is 0 Å². The summed E-state index contributed by atoms with van der Waals surface area (Å²) in [5.41, 5.74) is 0. The van der Waals surface area contributed by atoms with E-state index in [1.807, 2.05) is 0 Å². The van der Waals surface area contributed by atoms with Crippen molar-refractivity contribution in [1.82, 2.24) is 0 Å². The Morgan fingerprint density at radius 1 is 0.667 bits per heavy atom. The molecule has 6 heteroatoms. The van der Waals surface area contributed by atoms with E-state index >= 15 is 0 Å². The first-order valence-electron chi connectivity index (χ1n) is 0. The van der Waals surface area contributed by atoms with Crippen LogP contribution in [0.25, 0.3) is 0 Å². The number of hydrogen-bond donors (Lipinski definition) is 0. The van der Waals surface area contributed by atoms with Gasteiger partial charge in [-0.15, -0.1) is 0 Å². The van der Waals surface area contributed by atoms with Crippen molar-refractivity contribution in [3.8, 4) is 0 Å². The molecular weight excluding hydrogens is 253 g/mol. The molecule has 0 bridgehead atoms. The first-order chi connectivity index (χ1) is 0. The Bertz CT molecular complexity index is 7.51. The predicted octanol–water partition coefficient (Wildman–Crippen LogP) is -2.39. The smallest absolute Gasteiger partial charge is 0.870 e. The van der Waals surface area contributed by atoms with Gasteiger partial charge < -0.3 is 21.9 Å². The fourth-order valence-corrected chi connectivity index (χ4v) is 0. The summed E-state index contributed by atoms with van der Waals surface area (Å²) in [6.07, 6.45) is 0. The molecule has 38 valence electrons. The molecule has 0 fully saturated rings. The quantitative estimate of drug-likeness (QED) is 0.451. The zero-order valence-electron chi connectivity index (χ0n) is 3.01. The van der Waals surface area contributed by atoms with Crippen molar-refractivity contribution in [2.75, 3.05) is 0 Å². The molecule has 0 radical (unpaired) electrons. The first-order valence-corrected chi connectivity index (χ1v) is 0. The van der Waals surface area contributed by atoms with Gasteiger partial charge in [-0.25, -0.2) is 0 Å². The summed E-state index contributed by atoms with van der Waals surface area (Å²) in [7, 11) is 0. The molecule has 0 saturated heterocycles. The van der Waals surface area contributed by atoms with Gasteiger partial charge in [0.05, 0.1) is 0 Å². The van der Waals surface area contributed by atoms with E-state index in [0.29, 0.717) is 0 Å². The van der Waals surface area contributed by atoms with E-state index in [-0.39, 0.29) is 88.1 Å². The number of rotatable bonds is 0. The van der Waals surface area contributed by atoms with Crippen LogP contribution < -0.4 is 0 Å². The topological polar surface area (TPSA) is 123 Å². The Kier molecular flexibility index (Phi) is 1100. The van der Waals surface area contributed by atoms with Gasteiger partial charge in [0.15, 0.2) is 0 Å². The molecule has 0 amide bonds. The van der Waals surface area contributed by atoms with E-state index in [2.05, 4.69) is 0 Å². The molecule has 0 aliphatic rings. The monoisotopic (exact) mass is 260 g/mol. The molecule has 0 aliphatic heterocycles. The summed E-state index contributed by atoms with van der Waals surface area (Å²) < 4.78 is 0. The van der Waals surface area contributed by atoms with Gasteiger partial charge in [0, 0.05) is 17.4 Å². The summed E-state index contributed by atoms with van der Waals surface area (Å²) in [5, 5.41) is 0. The van der Waals surface area contributed by atoms with Crippen molar-refractivity contribution in [1.29, 1.82) is 0 Å². The second-order valence-electron chi connectivity index (χ2n) is 0. The zero-order chi connectivity index (χ0) is 0. The van der Waals surface area contributed by atoms with Gasteiger partial charge in [-0.3, -0.25) is 0 Å². The molecule has 0 heterocycles. The largest absolute Gasteiger partial charge is 2.00 e. The standard InChI is InChI=1S/Ba.Cr.4H2O/h;;4*1H2/q+2;;;;;/p-2. The van der Waals surface area contributed by atoms with Crippen molar-refractivity contribution < 1.29 is 39.3 Å². The van der Waals surface area contributed by atoms with E-state index < -0.39 is 0 Å². The molecule has 0 aromatic heterocycles. The van der Waals surface area contributed by atoms with Gasteiger partial charge in [-0.2, -0.15) is 0 Å². The van der Waals surface area contributed by atoms with Crippen LogP contribution in [0.3, 0.4) is 0 Å². The molecule has 4 nitrogen and oxygen atoms in total. The minimum absolute atomic E-state index is 0. The summed E-state index contributed by atoms with van der Waals surface area (Å²) in [5.74, 6) is 0. The predicted molar refractivity (Wildman–Crippen MR) is 16.9 cm³/mol. The average molecular weight is 259 g/mol. The molecule has 0 aromatic rings. The molecule has 0 rings (SSSR count). The third kappa shape index (κ3) is 38.4. The van der Waals surface area contributed by atoms with Crippen LogP contribution in [-0.4, -0.2) is 70.8 Å². The molecule has 0 aliphatic carbocycles. The maximum absolute atomic E-state index is 0. The third-order valence-corrected chi connectivity index (χ3v) is 0. The van der Waals surface area contributed by atoms with Crippen LogP contribution in [0.15, 0.2) is 0 Å². The van der Waals surface area contributed by atoms with Crippen LogP contribution >= 0.6 is 0 Å². The minimum Gasteiger partial charge on any atom is -0.870 e. The van der Waals surface area contributed by atoms with Crippen LogP contribution in [0.1, 0.15) is 0 Å². The maximum Gasteiger partial charge on any atom is 2.00 e. The fourth-order valence-electron chi connectivity index (χ4n) is 0. The molecule has 0 spiro atoms. The van der Waals surface area contributed by atoms with Crippen LogP contribution in [0.4, 0.5) is 0 Å². The maximum atomic E-state index is 0. The van der Waals surface area contributed by atoms with E-state index in [0.717, 1.165) is 0 Å². The van der Waals surface area contributed by atoms with Crippen LogP contribution in [0.5, 0.6) is 0 Å². The first kappa shape index (κ1) is 101. The number of hydrogen-bond acceptors (Lipinski definition) is 2. The van der Waals surface area contributed by atoms with Gasteiger partial charge in [0.2, 0.25) is 0 Å². The van der Waals surface area contributed by atoms with Gasteiger partial charge in [-0.1, -0.05) is 0 Å². The Hall–Kier alpha value is 1.94. The van der Waals surface area contributed by atoms with Crippen molar-refractivity contribution >= 4 is 48.9 Å². The summed E-state index contributed by atoms with van der Waals surface area (Å²) >= 11 is 0. The summed E-state index contributed by atoms with van der Waals surface area (Å²) in [4.78, 5) is 0. The van der Waals surface area contributed by atoms with Gasteiger partial charge >= 0.3 is 48.9 Å². The molecule has 0 atom stereocenters. The van der Waals surface area contributed by atoms with E-state index in [1.54, 1.807) is 0 Å². The Morgan fingerprint density at radius 3 is 0.667 bits per heavy atom. The Morgan fingerprint density at radius 2 is 0.667 bits per heavy atom. The second-order valence-corrected chi connectivity index (χ2v) is 0. The third-order valence-electron chi connectivity index (χ3n) is 0. The van der Waals surface area contributed by atoms with Crippen LogP contribution in [-0.2, 0) is 17.4 Å². The normalized spacial score (nSPS) is 0. The summed E-state index contributed by atoms with van der Waals surface area (Å²) in [6.45, 7) is 0. The molecular formula is H6BaCrO4. The Balaban J connectivity index is 0. The average Bonchev–Trinajstić information content (AvgIpc) is 0. The molecule has 0 aromatic carbocycles. The van der Waals surface area contributed by atoms with Crippen molar-refractivity contribution in [2.45, 2.75) is 0 Å². The Labute approximate surface area is 86.7 Å².